The summed E-state index contributed by atoms with van der Waals surface area (Å²) in [6.07, 6.45) is 3.21. The van der Waals surface area contributed by atoms with Crippen molar-refractivity contribution in [2.45, 2.75) is 13.5 Å². The fraction of sp³-hybridized carbons (Fsp3) is 0.182. The molecule has 1 heterocycles. The lowest BCUT2D eigenvalue weighted by atomic mass is 10.1. The molecule has 138 valence electrons. The summed E-state index contributed by atoms with van der Waals surface area (Å²) >= 11 is 1.64. The average molecular weight is 378 g/mol. The van der Waals surface area contributed by atoms with Gasteiger partial charge in [0.05, 0.1) is 12.3 Å². The molecule has 0 N–H and O–H groups in total. The van der Waals surface area contributed by atoms with Gasteiger partial charge in [0.15, 0.2) is 5.13 Å². The van der Waals surface area contributed by atoms with E-state index in [1.54, 1.807) is 24.3 Å². The molecule has 5 heteroatoms. The van der Waals surface area contributed by atoms with E-state index in [9.17, 15) is 4.79 Å². The number of carbonyl (C=O) groups excluding carboxylic acids is 1. The Bertz CT molecular complexity index is 902. The van der Waals surface area contributed by atoms with E-state index >= 15 is 0 Å². The quantitative estimate of drug-likeness (QED) is 0.427. The number of nitrogens with zero attached hydrogens (tertiary/aromatic N) is 2. The fourth-order valence-corrected chi connectivity index (χ4v) is 3.41. The molecular formula is C22H22N2O2S. The van der Waals surface area contributed by atoms with Crippen LogP contribution in [-0.4, -0.2) is 24.6 Å². The molecule has 0 radical (unpaired) electrons. The van der Waals surface area contributed by atoms with Crippen LogP contribution in [0.4, 0.5) is 5.13 Å². The number of anilines is 1. The molecule has 0 bridgehead atoms. The van der Waals surface area contributed by atoms with Crippen molar-refractivity contribution in [3.63, 3.8) is 0 Å². The van der Waals surface area contributed by atoms with E-state index in [0.717, 1.165) is 28.5 Å². The lowest BCUT2D eigenvalue weighted by Gasteiger charge is -2.15. The smallest absolute Gasteiger partial charge is 0.330 e. The Morgan fingerprint density at radius 1 is 1.15 bits per heavy atom. The number of thiazole rings is 1. The van der Waals surface area contributed by atoms with Crippen molar-refractivity contribution >= 4 is 28.5 Å². The Hall–Kier alpha value is -2.92. The third kappa shape index (κ3) is 5.28. The summed E-state index contributed by atoms with van der Waals surface area (Å²) in [7, 11) is 2.04. The zero-order valence-corrected chi connectivity index (χ0v) is 16.3. The highest BCUT2D eigenvalue weighted by atomic mass is 32.1. The third-order valence-electron chi connectivity index (χ3n) is 3.99. The van der Waals surface area contributed by atoms with E-state index < -0.39 is 0 Å². The summed E-state index contributed by atoms with van der Waals surface area (Å²) in [4.78, 5) is 18.3. The Morgan fingerprint density at radius 2 is 1.89 bits per heavy atom. The topological polar surface area (TPSA) is 42.4 Å². The molecule has 3 rings (SSSR count). The van der Waals surface area contributed by atoms with E-state index in [0.29, 0.717) is 6.61 Å². The van der Waals surface area contributed by atoms with Crippen LogP contribution in [0.5, 0.6) is 0 Å². The molecule has 0 spiro atoms. The number of aromatic nitrogens is 1. The average Bonchev–Trinajstić information content (AvgIpc) is 3.19. The maximum absolute atomic E-state index is 11.4. The number of ether oxygens (including phenoxy) is 1. The molecule has 4 nitrogen and oxygen atoms in total. The summed E-state index contributed by atoms with van der Waals surface area (Å²) in [6, 6.07) is 18.3. The fourth-order valence-electron chi connectivity index (χ4n) is 2.61. The molecule has 0 fully saturated rings. The summed E-state index contributed by atoms with van der Waals surface area (Å²) in [5.41, 5.74) is 4.28. The van der Waals surface area contributed by atoms with Crippen molar-refractivity contribution in [2.75, 3.05) is 18.6 Å². The van der Waals surface area contributed by atoms with Crippen LogP contribution in [0.2, 0.25) is 0 Å². The zero-order valence-electron chi connectivity index (χ0n) is 15.5. The molecule has 0 saturated carbocycles. The van der Waals surface area contributed by atoms with Crippen LogP contribution in [0.1, 0.15) is 18.1 Å². The first-order valence-electron chi connectivity index (χ1n) is 8.81. The number of benzene rings is 2. The maximum atomic E-state index is 11.4. The van der Waals surface area contributed by atoms with Gasteiger partial charge in [-0.25, -0.2) is 9.78 Å². The number of hydrogen-bond acceptors (Lipinski definition) is 5. The van der Waals surface area contributed by atoms with Gasteiger partial charge in [-0.1, -0.05) is 54.6 Å². The van der Waals surface area contributed by atoms with Gasteiger partial charge < -0.3 is 9.64 Å². The van der Waals surface area contributed by atoms with Gasteiger partial charge >= 0.3 is 5.97 Å². The Labute approximate surface area is 163 Å². The molecule has 27 heavy (non-hydrogen) atoms. The molecule has 3 aromatic rings. The van der Waals surface area contributed by atoms with Gasteiger partial charge in [-0.3, -0.25) is 0 Å². The van der Waals surface area contributed by atoms with Crippen LogP contribution in [0, 0.1) is 0 Å². The van der Waals surface area contributed by atoms with Crippen LogP contribution in [0.3, 0.4) is 0 Å². The molecule has 0 aliphatic rings. The van der Waals surface area contributed by atoms with E-state index in [1.165, 1.54) is 11.6 Å². The van der Waals surface area contributed by atoms with Crippen molar-refractivity contribution in [1.82, 2.24) is 4.98 Å². The second-order valence-corrected chi connectivity index (χ2v) is 6.90. The normalized spacial score (nSPS) is 10.9. The van der Waals surface area contributed by atoms with Crippen LogP contribution in [0.15, 0.2) is 66.1 Å². The lowest BCUT2D eigenvalue weighted by molar-refractivity contribution is -0.137. The standard InChI is InChI=1S/C22H22N2O2S/c1-3-26-21(25)14-13-17-9-11-18(12-10-17)15-24(2)22-23-20(16-27-22)19-7-5-4-6-8-19/h4-14,16H,3,15H2,1-2H3. The first-order chi connectivity index (χ1) is 13.2. The maximum Gasteiger partial charge on any atom is 0.330 e. The summed E-state index contributed by atoms with van der Waals surface area (Å²) < 4.78 is 4.88. The van der Waals surface area contributed by atoms with Crippen LogP contribution in [-0.2, 0) is 16.1 Å². The summed E-state index contributed by atoms with van der Waals surface area (Å²) in [6.45, 7) is 2.95. The van der Waals surface area contributed by atoms with Gasteiger partial charge in [-0.05, 0) is 24.1 Å². The predicted molar refractivity (Wildman–Crippen MR) is 112 cm³/mol. The van der Waals surface area contributed by atoms with Crippen LogP contribution < -0.4 is 4.90 Å². The van der Waals surface area contributed by atoms with Crippen LogP contribution in [0.25, 0.3) is 17.3 Å². The number of hydrogen-bond donors (Lipinski definition) is 0. The molecule has 0 aliphatic heterocycles. The molecule has 0 saturated heterocycles. The minimum atomic E-state index is -0.320. The first-order valence-corrected chi connectivity index (χ1v) is 9.69. The van der Waals surface area contributed by atoms with Gasteiger partial charge in [-0.15, -0.1) is 11.3 Å². The second kappa shape index (κ2) is 9.14. The van der Waals surface area contributed by atoms with E-state index in [4.69, 9.17) is 9.72 Å². The predicted octanol–water partition coefficient (Wildman–Crippen LogP) is 5.02. The van der Waals surface area contributed by atoms with E-state index in [2.05, 4.69) is 34.5 Å². The summed E-state index contributed by atoms with van der Waals surface area (Å²) in [5, 5.41) is 3.07. The first kappa shape index (κ1) is 18.9. The molecular weight excluding hydrogens is 356 g/mol. The number of esters is 1. The van der Waals surface area contributed by atoms with Crippen molar-refractivity contribution < 1.29 is 9.53 Å². The van der Waals surface area contributed by atoms with Crippen molar-refractivity contribution in [2.24, 2.45) is 0 Å². The highest BCUT2D eigenvalue weighted by Gasteiger charge is 2.09. The molecule has 2 aromatic carbocycles. The number of rotatable bonds is 7. The second-order valence-electron chi connectivity index (χ2n) is 6.06. The minimum absolute atomic E-state index is 0.320. The summed E-state index contributed by atoms with van der Waals surface area (Å²) in [5.74, 6) is -0.320. The lowest BCUT2D eigenvalue weighted by Crippen LogP contribution is -2.15. The monoisotopic (exact) mass is 378 g/mol. The molecule has 0 aliphatic carbocycles. The molecule has 0 atom stereocenters. The Balaban J connectivity index is 1.62. The van der Waals surface area contributed by atoms with Gasteiger partial charge in [0.2, 0.25) is 0 Å². The zero-order chi connectivity index (χ0) is 19.1. The molecule has 1 aromatic heterocycles. The van der Waals surface area contributed by atoms with Crippen molar-refractivity contribution in [3.8, 4) is 11.3 Å². The Kier molecular flexibility index (Phi) is 6.39. The molecule has 0 unspecified atom stereocenters. The minimum Gasteiger partial charge on any atom is -0.463 e. The van der Waals surface area contributed by atoms with E-state index in [-0.39, 0.29) is 5.97 Å². The highest BCUT2D eigenvalue weighted by Crippen LogP contribution is 2.27. The van der Waals surface area contributed by atoms with Crippen LogP contribution >= 0.6 is 11.3 Å². The highest BCUT2D eigenvalue weighted by molar-refractivity contribution is 7.14. The van der Waals surface area contributed by atoms with Crippen molar-refractivity contribution in [1.29, 1.82) is 0 Å². The molecule has 0 amide bonds. The van der Waals surface area contributed by atoms with Gasteiger partial charge in [0.25, 0.3) is 0 Å². The van der Waals surface area contributed by atoms with Gasteiger partial charge in [-0.2, -0.15) is 0 Å². The third-order valence-corrected chi connectivity index (χ3v) is 4.94. The largest absolute Gasteiger partial charge is 0.463 e. The van der Waals surface area contributed by atoms with Crippen molar-refractivity contribution in [3.05, 3.63) is 77.2 Å². The van der Waals surface area contributed by atoms with E-state index in [1.807, 2.05) is 37.4 Å². The van der Waals surface area contributed by atoms with Gasteiger partial charge in [0, 0.05) is 30.6 Å². The van der Waals surface area contributed by atoms with Gasteiger partial charge in [0.1, 0.15) is 0 Å². The number of carbonyl (C=O) groups is 1. The SMILES string of the molecule is CCOC(=O)C=Cc1ccc(CN(C)c2nc(-c3ccccc3)cs2)cc1. The Morgan fingerprint density at radius 3 is 2.59 bits per heavy atom.